The Hall–Kier alpha value is -1.85. The van der Waals surface area contributed by atoms with Crippen molar-refractivity contribution in [1.82, 2.24) is 9.38 Å². The van der Waals surface area contributed by atoms with Gasteiger partial charge in [-0.3, -0.25) is 9.81 Å². The number of morpholine rings is 1. The van der Waals surface area contributed by atoms with E-state index in [9.17, 15) is 5.26 Å². The zero-order chi connectivity index (χ0) is 16.8. The highest BCUT2D eigenvalue weighted by Gasteiger charge is 2.21. The molecule has 1 aliphatic heterocycles. The lowest BCUT2D eigenvalue weighted by Gasteiger charge is -2.28. The van der Waals surface area contributed by atoms with Crippen LogP contribution in [0.2, 0.25) is 10.0 Å². The van der Waals surface area contributed by atoms with E-state index < -0.39 is 0 Å². The Balaban J connectivity index is 2.05. The largest absolute Gasteiger partial charge is 0.378 e. The molecule has 2 aromatic heterocycles. The molecule has 0 atom stereocenters. The molecule has 6 nitrogen and oxygen atoms in total. The third kappa shape index (κ3) is 2.34. The van der Waals surface area contributed by atoms with Crippen molar-refractivity contribution in [1.29, 1.82) is 10.7 Å². The average Bonchev–Trinajstić information content (AvgIpc) is 2.93. The summed E-state index contributed by atoms with van der Waals surface area (Å²) < 4.78 is 7.87. The monoisotopic (exact) mass is 379 g/mol. The summed E-state index contributed by atoms with van der Waals surface area (Å²) in [5.41, 5.74) is 1.08. The van der Waals surface area contributed by atoms with Crippen molar-refractivity contribution in [3.05, 3.63) is 33.2 Å². The highest BCUT2D eigenvalue weighted by Crippen LogP contribution is 2.33. The van der Waals surface area contributed by atoms with Gasteiger partial charge in [0.05, 0.1) is 33.5 Å². The van der Waals surface area contributed by atoms with Gasteiger partial charge >= 0.3 is 0 Å². The van der Waals surface area contributed by atoms with E-state index in [4.69, 9.17) is 33.3 Å². The Morgan fingerprint density at radius 1 is 1.25 bits per heavy atom. The van der Waals surface area contributed by atoms with Gasteiger partial charge in [0.25, 0.3) is 0 Å². The number of hydrogen-bond acceptors (Lipinski definition) is 6. The SMILES string of the molecule is N#Cc1c(N2CCOCC2)nc2sc3cc(Cl)c(Cl)cc3n2c1=N. The standard InChI is InChI=1S/C15H11Cl2N5OS/c16-9-5-11-12(6-10(9)17)24-15-20-14(21-1-3-23-4-2-21)8(7-18)13(19)22(11)15/h5-6,19H,1-4H2. The number of nitrogens with one attached hydrogen (secondary N) is 1. The maximum absolute atomic E-state index is 9.57. The molecule has 1 aliphatic rings. The first-order chi connectivity index (χ1) is 11.6. The van der Waals surface area contributed by atoms with Gasteiger partial charge < -0.3 is 9.64 Å². The summed E-state index contributed by atoms with van der Waals surface area (Å²) >= 11 is 13.6. The molecular formula is C15H11Cl2N5OS. The van der Waals surface area contributed by atoms with Crippen LogP contribution in [-0.4, -0.2) is 35.7 Å². The van der Waals surface area contributed by atoms with Gasteiger partial charge in [-0.05, 0) is 12.1 Å². The highest BCUT2D eigenvalue weighted by atomic mass is 35.5. The van der Waals surface area contributed by atoms with Gasteiger partial charge in [0.1, 0.15) is 11.6 Å². The van der Waals surface area contributed by atoms with Gasteiger partial charge in [-0.1, -0.05) is 34.5 Å². The first-order valence-electron chi connectivity index (χ1n) is 7.22. The van der Waals surface area contributed by atoms with E-state index in [1.807, 2.05) is 4.90 Å². The zero-order valence-electron chi connectivity index (χ0n) is 12.3. The second-order valence-corrected chi connectivity index (χ2v) is 7.15. The number of anilines is 1. The molecule has 122 valence electrons. The minimum atomic E-state index is 0.105. The number of aromatic nitrogens is 2. The topological polar surface area (TPSA) is 77.4 Å². The molecule has 0 spiro atoms. The maximum atomic E-state index is 9.57. The Morgan fingerprint density at radius 2 is 1.96 bits per heavy atom. The molecule has 24 heavy (non-hydrogen) atoms. The molecule has 3 aromatic rings. The summed E-state index contributed by atoms with van der Waals surface area (Å²) in [5.74, 6) is 0.537. The van der Waals surface area contributed by atoms with Crippen LogP contribution in [0.25, 0.3) is 15.2 Å². The Bertz CT molecular complexity index is 1060. The number of benzene rings is 1. The minimum Gasteiger partial charge on any atom is -0.378 e. The molecule has 4 rings (SSSR count). The minimum absolute atomic E-state index is 0.105. The van der Waals surface area contributed by atoms with E-state index in [2.05, 4.69) is 11.1 Å². The predicted octanol–water partition coefficient (Wildman–Crippen LogP) is 3.04. The number of nitriles is 1. The number of halogens is 2. The average molecular weight is 380 g/mol. The van der Waals surface area contributed by atoms with Crippen LogP contribution in [0.3, 0.4) is 0 Å². The molecule has 3 heterocycles. The van der Waals surface area contributed by atoms with E-state index in [-0.39, 0.29) is 11.1 Å². The van der Waals surface area contributed by atoms with Crippen LogP contribution in [-0.2, 0) is 4.74 Å². The Kier molecular flexibility index (Phi) is 3.85. The van der Waals surface area contributed by atoms with Gasteiger partial charge in [0.15, 0.2) is 16.3 Å². The van der Waals surface area contributed by atoms with Crippen molar-refractivity contribution in [2.45, 2.75) is 0 Å². The molecule has 1 fully saturated rings. The first-order valence-corrected chi connectivity index (χ1v) is 8.79. The van der Waals surface area contributed by atoms with E-state index >= 15 is 0 Å². The molecular weight excluding hydrogens is 369 g/mol. The van der Waals surface area contributed by atoms with Crippen LogP contribution in [0.5, 0.6) is 0 Å². The molecule has 0 bridgehead atoms. The normalized spacial score (nSPS) is 15.1. The van der Waals surface area contributed by atoms with Crippen LogP contribution in [0.1, 0.15) is 5.56 Å². The van der Waals surface area contributed by atoms with Crippen molar-refractivity contribution in [2.75, 3.05) is 31.2 Å². The van der Waals surface area contributed by atoms with Gasteiger partial charge in [-0.2, -0.15) is 5.26 Å². The summed E-state index contributed by atoms with van der Waals surface area (Å²) in [5, 5.41) is 18.9. The molecule has 1 N–H and O–H groups in total. The number of nitrogens with zero attached hydrogens (tertiary/aromatic N) is 4. The fourth-order valence-corrected chi connectivity index (χ4v) is 4.21. The van der Waals surface area contributed by atoms with Crippen LogP contribution >= 0.6 is 34.5 Å². The summed E-state index contributed by atoms with van der Waals surface area (Å²) in [6.07, 6.45) is 0. The molecule has 0 amide bonds. The van der Waals surface area contributed by atoms with Gasteiger partial charge in [0.2, 0.25) is 0 Å². The van der Waals surface area contributed by atoms with E-state index in [1.165, 1.54) is 11.3 Å². The number of ether oxygens (including phenoxy) is 1. The summed E-state index contributed by atoms with van der Waals surface area (Å²) in [6.45, 7) is 2.48. The second-order valence-electron chi connectivity index (χ2n) is 5.32. The highest BCUT2D eigenvalue weighted by molar-refractivity contribution is 7.23. The second kappa shape index (κ2) is 5.90. The Labute approximate surface area is 150 Å². The molecule has 0 unspecified atom stereocenters. The van der Waals surface area contributed by atoms with Crippen LogP contribution in [0, 0.1) is 16.7 Å². The maximum Gasteiger partial charge on any atom is 0.198 e. The van der Waals surface area contributed by atoms with Crippen molar-refractivity contribution < 1.29 is 4.74 Å². The number of rotatable bonds is 1. The fourth-order valence-electron chi connectivity index (χ4n) is 2.78. The van der Waals surface area contributed by atoms with Gasteiger partial charge in [-0.25, -0.2) is 4.98 Å². The van der Waals surface area contributed by atoms with Crippen LogP contribution < -0.4 is 10.4 Å². The quantitative estimate of drug-likeness (QED) is 0.704. The van der Waals surface area contributed by atoms with Gasteiger partial charge in [0, 0.05) is 13.1 Å². The smallest absolute Gasteiger partial charge is 0.198 e. The van der Waals surface area contributed by atoms with Crippen molar-refractivity contribution in [3.63, 3.8) is 0 Å². The molecule has 9 heteroatoms. The Morgan fingerprint density at radius 3 is 2.67 bits per heavy atom. The zero-order valence-corrected chi connectivity index (χ0v) is 14.7. The lowest BCUT2D eigenvalue weighted by atomic mass is 10.2. The third-order valence-electron chi connectivity index (χ3n) is 3.94. The number of fused-ring (bicyclic) bond motifs is 3. The number of hydrogen-bond donors (Lipinski definition) is 1. The van der Waals surface area contributed by atoms with Crippen molar-refractivity contribution in [3.8, 4) is 6.07 Å². The van der Waals surface area contributed by atoms with E-state index in [1.54, 1.807) is 16.5 Å². The van der Waals surface area contributed by atoms with Crippen LogP contribution in [0.4, 0.5) is 5.82 Å². The fraction of sp³-hybridized carbons (Fsp3) is 0.267. The lowest BCUT2D eigenvalue weighted by molar-refractivity contribution is 0.122. The summed E-state index contributed by atoms with van der Waals surface area (Å²) in [6, 6.07) is 5.59. The van der Waals surface area contributed by atoms with Crippen molar-refractivity contribution >= 4 is 55.5 Å². The molecule has 1 saturated heterocycles. The molecule has 0 saturated carbocycles. The van der Waals surface area contributed by atoms with Crippen molar-refractivity contribution in [2.24, 2.45) is 0 Å². The van der Waals surface area contributed by atoms with E-state index in [0.717, 1.165) is 10.2 Å². The number of thiazole rings is 1. The van der Waals surface area contributed by atoms with Gasteiger partial charge in [-0.15, -0.1) is 0 Å². The molecule has 0 aliphatic carbocycles. The molecule has 1 aromatic carbocycles. The third-order valence-corrected chi connectivity index (χ3v) is 5.67. The first kappa shape index (κ1) is 15.7. The summed E-state index contributed by atoms with van der Waals surface area (Å²) in [7, 11) is 0. The predicted molar refractivity (Wildman–Crippen MR) is 94.2 cm³/mol. The van der Waals surface area contributed by atoms with E-state index in [0.29, 0.717) is 47.1 Å². The van der Waals surface area contributed by atoms with Crippen LogP contribution in [0.15, 0.2) is 12.1 Å². The lowest BCUT2D eigenvalue weighted by Crippen LogP contribution is -2.38. The summed E-state index contributed by atoms with van der Waals surface area (Å²) in [4.78, 5) is 7.27. The molecule has 0 radical (unpaired) electrons.